The number of anilines is 1. The van der Waals surface area contributed by atoms with Gasteiger partial charge in [0, 0.05) is 43.6 Å². The van der Waals surface area contributed by atoms with Crippen LogP contribution in [-0.4, -0.2) is 96.4 Å². The van der Waals surface area contributed by atoms with Crippen LogP contribution in [0.2, 0.25) is 0 Å². The number of amides is 3. The van der Waals surface area contributed by atoms with Gasteiger partial charge in [-0.05, 0) is 81.3 Å². The Morgan fingerprint density at radius 2 is 1.81 bits per heavy atom. The van der Waals surface area contributed by atoms with Crippen molar-refractivity contribution in [2.45, 2.75) is 88.8 Å². The van der Waals surface area contributed by atoms with E-state index >= 15 is 0 Å². The van der Waals surface area contributed by atoms with Crippen LogP contribution in [0, 0.1) is 19.8 Å². The number of aliphatic hydroxyl groups excluding tert-OH is 1. The molecule has 0 spiro atoms. The number of hydrogen-bond donors (Lipinski definition) is 3. The van der Waals surface area contributed by atoms with Crippen molar-refractivity contribution in [2.24, 2.45) is 5.92 Å². The number of aryl methyl sites for hydroxylation is 2. The number of nitrogens with zero attached hydrogens (tertiary/aromatic N) is 2. The number of thioether (sulfide) groups is 1. The van der Waals surface area contributed by atoms with Crippen molar-refractivity contribution < 1.29 is 33.7 Å². The smallest absolute Gasteiger partial charge is 0.407 e. The molecule has 0 aromatic heterocycles. The quantitative estimate of drug-likeness (QED) is 0.348. The Balaban J connectivity index is 1.32. The predicted molar refractivity (Wildman–Crippen MR) is 181 cm³/mol. The minimum Gasteiger partial charge on any atom is -0.443 e. The monoisotopic (exact) mass is 668 g/mol. The number of benzene rings is 2. The van der Waals surface area contributed by atoms with Crippen molar-refractivity contribution >= 4 is 35.4 Å². The van der Waals surface area contributed by atoms with Crippen molar-refractivity contribution in [1.82, 2.24) is 15.5 Å². The van der Waals surface area contributed by atoms with Gasteiger partial charge in [0.05, 0.1) is 18.5 Å². The van der Waals surface area contributed by atoms with Crippen molar-refractivity contribution in [3.8, 4) is 0 Å². The van der Waals surface area contributed by atoms with Crippen molar-refractivity contribution in [3.63, 3.8) is 0 Å². The first-order valence-corrected chi connectivity index (χ1v) is 17.3. The van der Waals surface area contributed by atoms with Crippen LogP contribution in [0.1, 0.15) is 48.9 Å². The first-order valence-electron chi connectivity index (χ1n) is 16.3. The standard InChI is InChI=1S/C35H48N4O7S/c1-21-9-7-10-22(2)26(21)18-36-31(41)30-35(3,4)47-20-39(30)32(42)29(40)27(17-23-12-14-24(15-13-23)38(5)6)37-34(43)46-28-19-45-33-25(28)11-8-16-44-33/h7,9-10,12-15,25,27-30,33,40H,8,11,16-20H2,1-6H3,(H,36,41)(H,37,43)/t25-,27-,28-,29-,30+,33+/m0/s1. The van der Waals surface area contributed by atoms with Crippen LogP contribution in [0.15, 0.2) is 42.5 Å². The summed E-state index contributed by atoms with van der Waals surface area (Å²) in [6.45, 7) is 9.01. The average Bonchev–Trinajstić information content (AvgIpc) is 3.59. The molecule has 3 N–H and O–H groups in total. The molecule has 6 atom stereocenters. The summed E-state index contributed by atoms with van der Waals surface area (Å²) in [5.74, 6) is -0.765. The van der Waals surface area contributed by atoms with Crippen LogP contribution < -0.4 is 15.5 Å². The molecule has 2 aromatic carbocycles. The Kier molecular flexibility index (Phi) is 11.1. The molecule has 0 aliphatic carbocycles. The molecule has 3 fully saturated rings. The number of carbonyl (C=O) groups is 3. The second-order valence-corrected chi connectivity index (χ2v) is 15.1. The molecule has 3 aliphatic rings. The van der Waals surface area contributed by atoms with Gasteiger partial charge in [-0.2, -0.15) is 0 Å². The Labute approximate surface area is 281 Å². The fraction of sp³-hybridized carbons (Fsp3) is 0.571. The minimum absolute atomic E-state index is 0.0651. The molecule has 11 nitrogen and oxygen atoms in total. The summed E-state index contributed by atoms with van der Waals surface area (Å²) in [5.41, 5.74) is 4.99. The molecular weight excluding hydrogens is 620 g/mol. The summed E-state index contributed by atoms with van der Waals surface area (Å²) < 4.78 is 16.5. The Morgan fingerprint density at radius 3 is 2.49 bits per heavy atom. The predicted octanol–water partition coefficient (Wildman–Crippen LogP) is 3.52. The molecule has 256 valence electrons. The zero-order valence-corrected chi connectivity index (χ0v) is 29.0. The van der Waals surface area contributed by atoms with Gasteiger partial charge in [-0.15, -0.1) is 11.8 Å². The lowest BCUT2D eigenvalue weighted by molar-refractivity contribution is -0.152. The van der Waals surface area contributed by atoms with E-state index in [1.807, 2.05) is 89.2 Å². The third-order valence-electron chi connectivity index (χ3n) is 9.48. The Bertz CT molecular complexity index is 1420. The maximum Gasteiger partial charge on any atom is 0.407 e. The van der Waals surface area contributed by atoms with Gasteiger partial charge < -0.3 is 39.8 Å². The molecular formula is C35H48N4O7S. The third kappa shape index (κ3) is 8.05. The lowest BCUT2D eigenvalue weighted by Gasteiger charge is -2.33. The van der Waals surface area contributed by atoms with E-state index < -0.39 is 47.3 Å². The molecule has 3 heterocycles. The van der Waals surface area contributed by atoms with Gasteiger partial charge in [-0.25, -0.2) is 4.79 Å². The van der Waals surface area contributed by atoms with E-state index in [2.05, 4.69) is 10.6 Å². The van der Waals surface area contributed by atoms with Crippen LogP contribution in [0.25, 0.3) is 0 Å². The number of rotatable bonds is 10. The highest BCUT2D eigenvalue weighted by Crippen LogP contribution is 2.40. The largest absolute Gasteiger partial charge is 0.443 e. The number of alkyl carbamates (subject to hydrolysis) is 1. The molecule has 3 amide bonds. The zero-order valence-electron chi connectivity index (χ0n) is 28.2. The summed E-state index contributed by atoms with van der Waals surface area (Å²) in [6, 6.07) is 11.8. The first kappa shape index (κ1) is 35.0. The molecule has 12 heteroatoms. The summed E-state index contributed by atoms with van der Waals surface area (Å²) >= 11 is 1.47. The average molecular weight is 669 g/mol. The zero-order chi connectivity index (χ0) is 33.9. The Morgan fingerprint density at radius 1 is 1.11 bits per heavy atom. The third-order valence-corrected chi connectivity index (χ3v) is 10.9. The van der Waals surface area contributed by atoms with Crippen molar-refractivity contribution in [1.29, 1.82) is 0 Å². The normalized spacial score (nSPS) is 24.6. The maximum atomic E-state index is 14.1. The molecule has 0 radical (unpaired) electrons. The first-order chi connectivity index (χ1) is 22.4. The molecule has 3 aliphatic heterocycles. The molecule has 3 saturated heterocycles. The van der Waals surface area contributed by atoms with Crippen molar-refractivity contribution in [2.75, 3.05) is 38.1 Å². The number of fused-ring (bicyclic) bond motifs is 1. The van der Waals surface area contributed by atoms with Crippen LogP contribution >= 0.6 is 11.8 Å². The van der Waals surface area contributed by atoms with Crippen LogP contribution in [-0.2, 0) is 36.8 Å². The molecule has 5 rings (SSSR count). The van der Waals surface area contributed by atoms with Crippen LogP contribution in [0.4, 0.5) is 10.5 Å². The van der Waals surface area contributed by atoms with E-state index in [1.54, 1.807) is 0 Å². The highest BCUT2D eigenvalue weighted by molar-refractivity contribution is 8.00. The molecule has 0 saturated carbocycles. The highest BCUT2D eigenvalue weighted by Gasteiger charge is 2.50. The molecule has 0 bridgehead atoms. The van der Waals surface area contributed by atoms with E-state index in [4.69, 9.17) is 14.2 Å². The second-order valence-electron chi connectivity index (χ2n) is 13.5. The van der Waals surface area contributed by atoms with Gasteiger partial charge in [0.15, 0.2) is 12.4 Å². The van der Waals surface area contributed by atoms with Gasteiger partial charge in [-0.3, -0.25) is 9.59 Å². The minimum atomic E-state index is -1.63. The van der Waals surface area contributed by atoms with E-state index in [0.717, 1.165) is 40.8 Å². The summed E-state index contributed by atoms with van der Waals surface area (Å²) in [4.78, 5) is 44.5. The van der Waals surface area contributed by atoms with E-state index in [0.29, 0.717) is 13.2 Å². The van der Waals surface area contributed by atoms with E-state index in [-0.39, 0.29) is 30.7 Å². The summed E-state index contributed by atoms with van der Waals surface area (Å²) in [6.07, 6.45) is -1.42. The van der Waals surface area contributed by atoms with Crippen molar-refractivity contribution in [3.05, 3.63) is 64.7 Å². The number of hydrogen-bond acceptors (Lipinski definition) is 9. The number of ether oxygens (including phenoxy) is 3. The van der Waals surface area contributed by atoms with Crippen LogP contribution in [0.3, 0.4) is 0 Å². The molecule has 47 heavy (non-hydrogen) atoms. The molecule has 0 unspecified atom stereocenters. The lowest BCUT2D eigenvalue weighted by Crippen LogP contribution is -2.58. The topological polar surface area (TPSA) is 130 Å². The highest BCUT2D eigenvalue weighted by atomic mass is 32.2. The fourth-order valence-electron chi connectivity index (χ4n) is 6.65. The number of nitrogens with one attached hydrogen (secondary N) is 2. The van der Waals surface area contributed by atoms with Gasteiger partial charge in [0.2, 0.25) is 5.91 Å². The maximum absolute atomic E-state index is 14.1. The van der Waals surface area contributed by atoms with E-state index in [9.17, 15) is 19.5 Å². The summed E-state index contributed by atoms with van der Waals surface area (Å²) in [5, 5.41) is 17.5. The van der Waals surface area contributed by atoms with E-state index in [1.165, 1.54) is 16.7 Å². The SMILES string of the molecule is Cc1cccc(C)c1CNC(=O)[C@H]1N(C(=O)[C@@H](O)[C@H](Cc2ccc(N(C)C)cc2)NC(=O)O[C@H]2CO[C@H]3OCCC[C@H]32)CSC1(C)C. The Hall–Kier alpha value is -3.32. The van der Waals surface area contributed by atoms with Gasteiger partial charge >= 0.3 is 6.09 Å². The van der Waals surface area contributed by atoms with Gasteiger partial charge in [0.1, 0.15) is 12.1 Å². The van der Waals surface area contributed by atoms with Crippen LogP contribution in [0.5, 0.6) is 0 Å². The fourth-order valence-corrected chi connectivity index (χ4v) is 7.79. The molecule has 2 aromatic rings. The lowest BCUT2D eigenvalue weighted by atomic mass is 9.96. The second kappa shape index (κ2) is 14.8. The van der Waals surface area contributed by atoms with Gasteiger partial charge in [0.25, 0.3) is 5.91 Å². The number of aliphatic hydroxyl groups is 1. The van der Waals surface area contributed by atoms with Gasteiger partial charge in [-0.1, -0.05) is 30.3 Å². The number of carbonyl (C=O) groups excluding carboxylic acids is 3. The summed E-state index contributed by atoms with van der Waals surface area (Å²) in [7, 11) is 3.88.